The van der Waals surface area contributed by atoms with Crippen LogP contribution in [0.4, 0.5) is 0 Å². The van der Waals surface area contributed by atoms with Gasteiger partial charge in [0.2, 0.25) is 0 Å². The molecule has 0 spiro atoms. The number of nitrogens with zero attached hydrogens (tertiary/aromatic N) is 5. The van der Waals surface area contributed by atoms with Crippen LogP contribution in [0.3, 0.4) is 0 Å². The van der Waals surface area contributed by atoms with Crippen molar-refractivity contribution in [3.05, 3.63) is 65.4 Å². The zero-order valence-corrected chi connectivity index (χ0v) is 17.1. The van der Waals surface area contributed by atoms with Gasteiger partial charge < -0.3 is 0 Å². The molecule has 1 aromatic carbocycles. The van der Waals surface area contributed by atoms with Crippen LogP contribution in [-0.2, 0) is 5.75 Å². The molecular formula is C21H19N5S2. The third-order valence-corrected chi connectivity index (χ3v) is 6.61. The molecule has 0 radical (unpaired) electrons. The first-order valence-corrected chi connectivity index (χ1v) is 11.1. The fraction of sp³-hybridized carbons (Fsp3) is 0.238. The van der Waals surface area contributed by atoms with Crippen LogP contribution in [0.25, 0.3) is 22.0 Å². The molecule has 4 aromatic rings. The fourth-order valence-corrected chi connectivity index (χ4v) is 4.90. The molecule has 1 saturated carbocycles. The average Bonchev–Trinajstić information content (AvgIpc) is 3.30. The Morgan fingerprint density at radius 2 is 1.96 bits per heavy atom. The highest BCUT2D eigenvalue weighted by Gasteiger charge is 2.30. The lowest BCUT2D eigenvalue weighted by molar-refractivity contribution is 0.669. The molecule has 7 heteroatoms. The van der Waals surface area contributed by atoms with E-state index in [1.54, 1.807) is 29.3 Å². The highest BCUT2D eigenvalue weighted by atomic mass is 32.2. The number of benzene rings is 1. The van der Waals surface area contributed by atoms with Crippen molar-refractivity contribution in [2.45, 2.75) is 36.7 Å². The molecule has 1 aliphatic carbocycles. The first-order chi connectivity index (χ1) is 13.8. The van der Waals surface area contributed by atoms with Crippen LogP contribution in [0.15, 0.2) is 59.3 Å². The summed E-state index contributed by atoms with van der Waals surface area (Å²) in [6, 6.07) is 13.0. The fourth-order valence-electron chi connectivity index (χ4n) is 3.07. The van der Waals surface area contributed by atoms with Crippen LogP contribution in [0.1, 0.15) is 30.1 Å². The third-order valence-electron chi connectivity index (χ3n) is 4.70. The minimum Gasteiger partial charge on any atom is -0.299 e. The van der Waals surface area contributed by atoms with E-state index in [1.807, 2.05) is 18.3 Å². The molecule has 28 heavy (non-hydrogen) atoms. The number of hydrogen-bond donors (Lipinski definition) is 0. The van der Waals surface area contributed by atoms with Crippen LogP contribution in [0, 0.1) is 6.92 Å². The molecule has 0 amide bonds. The van der Waals surface area contributed by atoms with Gasteiger partial charge in [-0.1, -0.05) is 41.6 Å². The van der Waals surface area contributed by atoms with Crippen molar-refractivity contribution in [3.63, 3.8) is 0 Å². The Hall–Kier alpha value is -2.51. The van der Waals surface area contributed by atoms with E-state index < -0.39 is 0 Å². The zero-order chi connectivity index (χ0) is 18.9. The Morgan fingerprint density at radius 3 is 2.71 bits per heavy atom. The predicted octanol–water partition coefficient (Wildman–Crippen LogP) is 5.40. The van der Waals surface area contributed by atoms with Crippen molar-refractivity contribution < 1.29 is 0 Å². The summed E-state index contributed by atoms with van der Waals surface area (Å²) in [6.07, 6.45) is 6.01. The van der Waals surface area contributed by atoms with E-state index >= 15 is 0 Å². The van der Waals surface area contributed by atoms with E-state index in [-0.39, 0.29) is 0 Å². The Labute approximate surface area is 171 Å². The molecule has 3 aromatic heterocycles. The van der Waals surface area contributed by atoms with Crippen LogP contribution in [0.5, 0.6) is 0 Å². The molecule has 5 nitrogen and oxygen atoms in total. The van der Waals surface area contributed by atoms with Gasteiger partial charge in [-0.25, -0.2) is 4.98 Å². The van der Waals surface area contributed by atoms with E-state index in [4.69, 9.17) is 4.98 Å². The summed E-state index contributed by atoms with van der Waals surface area (Å²) in [5, 5.41) is 13.1. The Bertz CT molecular complexity index is 1080. The second-order valence-corrected chi connectivity index (χ2v) is 8.75. The molecule has 140 valence electrons. The van der Waals surface area contributed by atoms with Gasteiger partial charge in [-0.2, -0.15) is 0 Å². The zero-order valence-electron chi connectivity index (χ0n) is 15.4. The molecule has 0 bridgehead atoms. The van der Waals surface area contributed by atoms with Crippen molar-refractivity contribution in [1.29, 1.82) is 0 Å². The van der Waals surface area contributed by atoms with Crippen molar-refractivity contribution in [1.82, 2.24) is 24.7 Å². The molecule has 0 aliphatic heterocycles. The Morgan fingerprint density at radius 1 is 1.11 bits per heavy atom. The number of thiazole rings is 1. The molecule has 0 N–H and O–H groups in total. The summed E-state index contributed by atoms with van der Waals surface area (Å²) in [6.45, 7) is 2.10. The van der Waals surface area contributed by atoms with Gasteiger partial charge in [0.05, 0.1) is 5.69 Å². The maximum atomic E-state index is 4.81. The van der Waals surface area contributed by atoms with E-state index in [9.17, 15) is 0 Å². The maximum Gasteiger partial charge on any atom is 0.192 e. The molecule has 0 atom stereocenters. The normalized spacial score (nSPS) is 13.8. The van der Waals surface area contributed by atoms with Crippen LogP contribution in [-0.4, -0.2) is 24.7 Å². The van der Waals surface area contributed by atoms with Crippen molar-refractivity contribution in [2.24, 2.45) is 0 Å². The number of hydrogen-bond acceptors (Lipinski definition) is 6. The van der Waals surface area contributed by atoms with E-state index in [0.29, 0.717) is 6.04 Å². The lowest BCUT2D eigenvalue weighted by Gasteiger charge is -2.08. The lowest BCUT2D eigenvalue weighted by atomic mass is 10.2. The number of pyridine rings is 1. The van der Waals surface area contributed by atoms with Gasteiger partial charge in [0.1, 0.15) is 5.01 Å². The third kappa shape index (κ3) is 3.59. The highest BCUT2D eigenvalue weighted by molar-refractivity contribution is 7.98. The topological polar surface area (TPSA) is 56.5 Å². The van der Waals surface area contributed by atoms with Gasteiger partial charge in [-0.05, 0) is 31.9 Å². The quantitative estimate of drug-likeness (QED) is 0.402. The summed E-state index contributed by atoms with van der Waals surface area (Å²) in [4.78, 5) is 9.04. The van der Waals surface area contributed by atoms with Crippen LogP contribution >= 0.6 is 23.1 Å². The van der Waals surface area contributed by atoms with E-state index in [2.05, 4.69) is 56.3 Å². The molecular weight excluding hydrogens is 386 g/mol. The highest BCUT2D eigenvalue weighted by Crippen LogP contribution is 2.41. The first kappa shape index (κ1) is 17.6. The average molecular weight is 406 g/mol. The van der Waals surface area contributed by atoms with Crippen LogP contribution in [0.2, 0.25) is 0 Å². The maximum absolute atomic E-state index is 4.81. The first-order valence-electron chi connectivity index (χ1n) is 9.27. The molecule has 1 fully saturated rings. The summed E-state index contributed by atoms with van der Waals surface area (Å²) in [5.74, 6) is 1.71. The van der Waals surface area contributed by atoms with Gasteiger partial charge in [0.15, 0.2) is 11.0 Å². The largest absolute Gasteiger partial charge is 0.299 e. The minimum atomic E-state index is 0.506. The minimum absolute atomic E-state index is 0.506. The summed E-state index contributed by atoms with van der Waals surface area (Å²) < 4.78 is 2.27. The second kappa shape index (κ2) is 7.48. The summed E-state index contributed by atoms with van der Waals surface area (Å²) in [7, 11) is 0. The van der Waals surface area contributed by atoms with Crippen molar-refractivity contribution in [2.75, 3.05) is 0 Å². The van der Waals surface area contributed by atoms with Gasteiger partial charge in [-0.3, -0.25) is 9.55 Å². The summed E-state index contributed by atoms with van der Waals surface area (Å²) >= 11 is 3.40. The van der Waals surface area contributed by atoms with Crippen LogP contribution < -0.4 is 0 Å². The lowest BCUT2D eigenvalue weighted by Crippen LogP contribution is -2.00. The van der Waals surface area contributed by atoms with Gasteiger partial charge in [0, 0.05) is 40.7 Å². The SMILES string of the molecule is Cc1ccc(-c2nc(CSc3nnc(-c4cccnc4)n3C3CC3)cs2)cc1. The summed E-state index contributed by atoms with van der Waals surface area (Å²) in [5.41, 5.74) is 4.54. The number of aryl methyl sites for hydroxylation is 1. The smallest absolute Gasteiger partial charge is 0.192 e. The molecule has 1 aliphatic rings. The molecule has 0 saturated heterocycles. The number of aromatic nitrogens is 5. The standard InChI is InChI=1S/C21H19N5S2/c1-14-4-6-15(7-5-14)20-23-17(12-27-20)13-28-21-25-24-19(26(21)18-8-9-18)16-3-2-10-22-11-16/h2-7,10-12,18H,8-9,13H2,1H3. The van der Waals surface area contributed by atoms with Gasteiger partial charge in [0.25, 0.3) is 0 Å². The number of rotatable bonds is 6. The monoisotopic (exact) mass is 405 g/mol. The molecule has 3 heterocycles. The molecule has 0 unspecified atom stereocenters. The Balaban J connectivity index is 1.35. The van der Waals surface area contributed by atoms with Gasteiger partial charge in [-0.15, -0.1) is 21.5 Å². The Kier molecular flexibility index (Phi) is 4.70. The number of thioether (sulfide) groups is 1. The second-order valence-electron chi connectivity index (χ2n) is 6.95. The van der Waals surface area contributed by atoms with Gasteiger partial charge >= 0.3 is 0 Å². The van der Waals surface area contributed by atoms with E-state index in [1.165, 1.54) is 24.0 Å². The van der Waals surface area contributed by atoms with E-state index in [0.717, 1.165) is 33.0 Å². The molecule has 5 rings (SSSR count). The predicted molar refractivity (Wildman–Crippen MR) is 113 cm³/mol. The van der Waals surface area contributed by atoms with Crippen molar-refractivity contribution in [3.8, 4) is 22.0 Å². The van der Waals surface area contributed by atoms with Crippen molar-refractivity contribution >= 4 is 23.1 Å².